The molecule has 1 aliphatic rings. The van der Waals surface area contributed by atoms with Gasteiger partial charge in [0.1, 0.15) is 0 Å². The van der Waals surface area contributed by atoms with Crippen LogP contribution in [-0.2, 0) is 24.3 Å². The summed E-state index contributed by atoms with van der Waals surface area (Å²) in [5, 5.41) is 3.20. The molecule has 0 saturated heterocycles. The van der Waals surface area contributed by atoms with E-state index in [-0.39, 0.29) is 11.9 Å². The minimum atomic E-state index is -0.0897. The molecule has 0 unspecified atom stereocenters. The van der Waals surface area contributed by atoms with Gasteiger partial charge in [0, 0.05) is 24.9 Å². The molecule has 24 heavy (non-hydrogen) atoms. The van der Waals surface area contributed by atoms with Crippen LogP contribution in [0.4, 0.5) is 0 Å². The van der Waals surface area contributed by atoms with Gasteiger partial charge in [-0.05, 0) is 24.6 Å². The quantitative estimate of drug-likeness (QED) is 0.855. The predicted octanol–water partition coefficient (Wildman–Crippen LogP) is 3.28. The number of benzene rings is 1. The van der Waals surface area contributed by atoms with Crippen LogP contribution in [0.1, 0.15) is 41.6 Å². The number of rotatable bonds is 4. The van der Waals surface area contributed by atoms with Crippen molar-refractivity contribution in [2.24, 2.45) is 0 Å². The van der Waals surface area contributed by atoms with Crippen molar-refractivity contribution in [3.63, 3.8) is 0 Å². The van der Waals surface area contributed by atoms with E-state index in [9.17, 15) is 4.79 Å². The normalized spacial score (nSPS) is 17.8. The van der Waals surface area contributed by atoms with Crippen molar-refractivity contribution >= 4 is 17.2 Å². The fourth-order valence-electron chi connectivity index (χ4n) is 3.17. The van der Waals surface area contributed by atoms with Crippen molar-refractivity contribution in [3.8, 4) is 0 Å². The summed E-state index contributed by atoms with van der Waals surface area (Å²) >= 11 is 1.68. The van der Waals surface area contributed by atoms with E-state index in [1.807, 2.05) is 19.0 Å². The topological polar surface area (TPSA) is 36.4 Å². The lowest BCUT2D eigenvalue weighted by molar-refractivity contribution is -0.136. The van der Waals surface area contributed by atoms with Gasteiger partial charge in [-0.3, -0.25) is 9.69 Å². The highest BCUT2D eigenvalue weighted by atomic mass is 32.1. The second kappa shape index (κ2) is 7.03. The monoisotopic (exact) mass is 343 g/mol. The Labute approximate surface area is 148 Å². The summed E-state index contributed by atoms with van der Waals surface area (Å²) in [6, 6.07) is 8.32. The van der Waals surface area contributed by atoms with E-state index in [4.69, 9.17) is 0 Å². The third-order valence-electron chi connectivity index (χ3n) is 4.61. The standard InChI is InChI=1S/C19H25N3OS/c1-13(2)18-20-16(12-24-18)11-22(4)19(23)17-9-14-7-5-6-8-15(14)10-21(17)3/h5-8,12-13,17H,9-11H2,1-4H3/t17-/m1/s1. The Kier molecular flexibility index (Phi) is 5.01. The Morgan fingerprint density at radius 1 is 1.38 bits per heavy atom. The summed E-state index contributed by atoms with van der Waals surface area (Å²) in [7, 11) is 3.91. The molecular weight excluding hydrogens is 318 g/mol. The number of hydrogen-bond acceptors (Lipinski definition) is 4. The molecule has 0 aliphatic carbocycles. The maximum atomic E-state index is 12.9. The van der Waals surface area contributed by atoms with Crippen molar-refractivity contribution in [2.45, 2.75) is 45.3 Å². The highest BCUT2D eigenvalue weighted by Crippen LogP contribution is 2.24. The first-order valence-corrected chi connectivity index (χ1v) is 9.30. The van der Waals surface area contributed by atoms with Gasteiger partial charge in [0.2, 0.25) is 5.91 Å². The summed E-state index contributed by atoms with van der Waals surface area (Å²) < 4.78 is 0. The van der Waals surface area contributed by atoms with Gasteiger partial charge < -0.3 is 4.90 Å². The number of nitrogens with zero attached hydrogens (tertiary/aromatic N) is 3. The van der Waals surface area contributed by atoms with Crippen LogP contribution in [0.3, 0.4) is 0 Å². The van der Waals surface area contributed by atoms with Gasteiger partial charge in [-0.15, -0.1) is 11.3 Å². The third kappa shape index (κ3) is 3.52. The number of amides is 1. The summed E-state index contributed by atoms with van der Waals surface area (Å²) in [6.07, 6.45) is 0.782. The molecule has 1 aromatic heterocycles. The Morgan fingerprint density at radius 2 is 2.08 bits per heavy atom. The molecule has 0 radical (unpaired) electrons. The average molecular weight is 343 g/mol. The van der Waals surface area contributed by atoms with Gasteiger partial charge in [-0.2, -0.15) is 0 Å². The minimum Gasteiger partial charge on any atom is -0.338 e. The van der Waals surface area contributed by atoms with Crippen LogP contribution in [0.2, 0.25) is 0 Å². The van der Waals surface area contributed by atoms with E-state index >= 15 is 0 Å². The summed E-state index contributed by atoms with van der Waals surface area (Å²) in [5.41, 5.74) is 3.60. The van der Waals surface area contributed by atoms with E-state index in [1.54, 1.807) is 11.3 Å². The molecule has 4 nitrogen and oxygen atoms in total. The number of thiazole rings is 1. The molecule has 1 amide bonds. The van der Waals surface area contributed by atoms with Crippen molar-refractivity contribution in [2.75, 3.05) is 14.1 Å². The zero-order valence-corrected chi connectivity index (χ0v) is 15.6. The molecule has 0 spiro atoms. The number of carbonyl (C=O) groups excluding carboxylic acids is 1. The molecule has 1 aromatic carbocycles. The summed E-state index contributed by atoms with van der Waals surface area (Å²) in [5.74, 6) is 0.608. The summed E-state index contributed by atoms with van der Waals surface area (Å²) in [6.45, 7) is 5.69. The van der Waals surface area contributed by atoms with Gasteiger partial charge in [-0.1, -0.05) is 38.1 Å². The first-order chi connectivity index (χ1) is 11.5. The van der Waals surface area contributed by atoms with Crippen LogP contribution in [0, 0.1) is 0 Å². The maximum Gasteiger partial charge on any atom is 0.240 e. The van der Waals surface area contributed by atoms with Crippen LogP contribution in [0.25, 0.3) is 0 Å². The smallest absolute Gasteiger partial charge is 0.240 e. The molecule has 0 saturated carbocycles. The van der Waals surface area contributed by atoms with E-state index in [0.29, 0.717) is 12.5 Å². The Morgan fingerprint density at radius 3 is 2.75 bits per heavy atom. The SMILES string of the molecule is CC(C)c1nc(CN(C)C(=O)[C@H]2Cc3ccccc3CN2C)cs1. The Bertz CT molecular complexity index is 725. The molecule has 5 heteroatoms. The third-order valence-corrected chi connectivity index (χ3v) is 5.80. The van der Waals surface area contributed by atoms with Gasteiger partial charge in [0.15, 0.2) is 0 Å². The molecule has 0 bridgehead atoms. The highest BCUT2D eigenvalue weighted by Gasteiger charge is 2.31. The second-order valence-corrected chi connectivity index (χ2v) is 7.82. The molecule has 1 aliphatic heterocycles. The summed E-state index contributed by atoms with van der Waals surface area (Å²) in [4.78, 5) is 21.5. The van der Waals surface area contributed by atoms with Crippen LogP contribution in [0.15, 0.2) is 29.6 Å². The lowest BCUT2D eigenvalue weighted by Gasteiger charge is -2.35. The molecule has 0 fully saturated rings. The van der Waals surface area contributed by atoms with E-state index in [1.165, 1.54) is 11.1 Å². The van der Waals surface area contributed by atoms with E-state index in [2.05, 4.69) is 53.4 Å². The van der Waals surface area contributed by atoms with E-state index in [0.717, 1.165) is 23.7 Å². The molecule has 3 rings (SSSR count). The lowest BCUT2D eigenvalue weighted by Crippen LogP contribution is -2.48. The molecule has 0 N–H and O–H groups in total. The highest BCUT2D eigenvalue weighted by molar-refractivity contribution is 7.09. The number of aromatic nitrogens is 1. The van der Waals surface area contributed by atoms with Crippen molar-refractivity contribution in [1.29, 1.82) is 0 Å². The largest absolute Gasteiger partial charge is 0.338 e. The first-order valence-electron chi connectivity index (χ1n) is 8.42. The van der Waals surface area contributed by atoms with E-state index < -0.39 is 0 Å². The van der Waals surface area contributed by atoms with Crippen LogP contribution < -0.4 is 0 Å². The van der Waals surface area contributed by atoms with Crippen molar-refractivity contribution < 1.29 is 4.79 Å². The first kappa shape index (κ1) is 17.1. The van der Waals surface area contributed by atoms with Gasteiger partial charge in [0.05, 0.1) is 23.3 Å². The van der Waals surface area contributed by atoms with Gasteiger partial charge in [0.25, 0.3) is 0 Å². The van der Waals surface area contributed by atoms with Crippen LogP contribution in [-0.4, -0.2) is 40.8 Å². The number of hydrogen-bond donors (Lipinski definition) is 0. The molecular formula is C19H25N3OS. The molecule has 2 heterocycles. The van der Waals surface area contributed by atoms with Crippen LogP contribution in [0.5, 0.6) is 0 Å². The second-order valence-electron chi connectivity index (χ2n) is 6.93. The predicted molar refractivity (Wildman–Crippen MR) is 98.1 cm³/mol. The Hall–Kier alpha value is -1.72. The molecule has 1 atom stereocenters. The van der Waals surface area contributed by atoms with Gasteiger partial charge in [-0.25, -0.2) is 4.98 Å². The number of likely N-dealkylation sites (N-methyl/N-ethyl adjacent to an activating group) is 2. The zero-order chi connectivity index (χ0) is 17.3. The Balaban J connectivity index is 1.69. The van der Waals surface area contributed by atoms with Crippen LogP contribution >= 0.6 is 11.3 Å². The fraction of sp³-hybridized carbons (Fsp3) is 0.474. The van der Waals surface area contributed by atoms with Crippen molar-refractivity contribution in [3.05, 3.63) is 51.5 Å². The average Bonchev–Trinajstić information content (AvgIpc) is 3.02. The fourth-order valence-corrected chi connectivity index (χ4v) is 3.99. The van der Waals surface area contributed by atoms with Gasteiger partial charge >= 0.3 is 0 Å². The number of carbonyl (C=O) groups is 1. The number of fused-ring (bicyclic) bond motifs is 1. The minimum absolute atomic E-state index is 0.0897. The van der Waals surface area contributed by atoms with Crippen molar-refractivity contribution in [1.82, 2.24) is 14.8 Å². The maximum absolute atomic E-state index is 12.9. The molecule has 2 aromatic rings. The lowest BCUT2D eigenvalue weighted by atomic mass is 9.94. The molecule has 128 valence electrons. The zero-order valence-electron chi connectivity index (χ0n) is 14.8.